The van der Waals surface area contributed by atoms with Gasteiger partial charge in [-0.2, -0.15) is 0 Å². The summed E-state index contributed by atoms with van der Waals surface area (Å²) >= 11 is 0. The van der Waals surface area contributed by atoms with Crippen LogP contribution in [0, 0.1) is 6.92 Å². The second kappa shape index (κ2) is 11.7. The van der Waals surface area contributed by atoms with E-state index in [0.717, 1.165) is 0 Å². The van der Waals surface area contributed by atoms with E-state index in [2.05, 4.69) is 20.6 Å². The highest BCUT2D eigenvalue weighted by Gasteiger charge is 2.16. The van der Waals surface area contributed by atoms with E-state index in [4.69, 9.17) is 18.9 Å². The SMILES string of the molecule is CCOC(=O)COc1ccc2cc(C(=O)Nc3cc(NC(=O)c4ccc5c(c4)OCCO5)cnc3C)ccc2n1. The summed E-state index contributed by atoms with van der Waals surface area (Å²) in [5, 5.41) is 6.37. The van der Waals surface area contributed by atoms with E-state index in [-0.39, 0.29) is 30.9 Å². The van der Waals surface area contributed by atoms with Gasteiger partial charge in [-0.05, 0) is 62.4 Å². The van der Waals surface area contributed by atoms with Crippen LogP contribution in [0.25, 0.3) is 10.9 Å². The lowest BCUT2D eigenvalue weighted by atomic mass is 10.1. The van der Waals surface area contributed by atoms with Gasteiger partial charge in [-0.3, -0.25) is 14.6 Å². The number of anilines is 2. The van der Waals surface area contributed by atoms with E-state index in [9.17, 15) is 14.4 Å². The van der Waals surface area contributed by atoms with Gasteiger partial charge in [0.2, 0.25) is 5.88 Å². The number of carbonyl (C=O) groups is 3. The van der Waals surface area contributed by atoms with Crippen LogP contribution in [0.15, 0.2) is 60.8 Å². The molecule has 4 aromatic rings. The highest BCUT2D eigenvalue weighted by molar-refractivity contribution is 6.08. The van der Waals surface area contributed by atoms with Crippen molar-refractivity contribution in [2.45, 2.75) is 13.8 Å². The van der Waals surface area contributed by atoms with E-state index in [1.807, 2.05) is 0 Å². The van der Waals surface area contributed by atoms with Crippen molar-refractivity contribution in [3.05, 3.63) is 77.6 Å². The number of carbonyl (C=O) groups excluding carboxylic acids is 3. The zero-order chi connectivity index (χ0) is 28.1. The van der Waals surface area contributed by atoms with E-state index >= 15 is 0 Å². The fraction of sp³-hybridized carbons (Fsp3) is 0.207. The Labute approximate surface area is 229 Å². The molecular weight excluding hydrogens is 516 g/mol. The highest BCUT2D eigenvalue weighted by atomic mass is 16.6. The smallest absolute Gasteiger partial charge is 0.344 e. The Morgan fingerprint density at radius 3 is 2.48 bits per heavy atom. The first-order chi connectivity index (χ1) is 19.4. The third-order valence-electron chi connectivity index (χ3n) is 5.97. The Balaban J connectivity index is 1.26. The van der Waals surface area contributed by atoms with Gasteiger partial charge in [-0.25, -0.2) is 9.78 Å². The topological polar surface area (TPSA) is 138 Å². The van der Waals surface area contributed by atoms with Crippen LogP contribution in [0.1, 0.15) is 33.3 Å². The molecule has 0 atom stereocenters. The Morgan fingerprint density at radius 1 is 0.900 bits per heavy atom. The van der Waals surface area contributed by atoms with E-state index in [1.165, 1.54) is 6.20 Å². The molecule has 2 amide bonds. The Kier molecular flexibility index (Phi) is 7.72. The first-order valence-corrected chi connectivity index (χ1v) is 12.6. The maximum absolute atomic E-state index is 13.1. The number of nitrogens with one attached hydrogen (secondary N) is 2. The molecule has 0 radical (unpaired) electrons. The molecule has 11 nitrogen and oxygen atoms in total. The molecule has 2 N–H and O–H groups in total. The molecule has 2 aromatic carbocycles. The molecule has 0 fully saturated rings. The van der Waals surface area contributed by atoms with Crippen molar-refractivity contribution in [2.75, 3.05) is 37.1 Å². The molecule has 1 aliphatic rings. The van der Waals surface area contributed by atoms with Crippen LogP contribution >= 0.6 is 0 Å². The molecule has 3 heterocycles. The summed E-state index contributed by atoms with van der Waals surface area (Å²) in [6, 6.07) is 15.0. The summed E-state index contributed by atoms with van der Waals surface area (Å²) in [5.41, 5.74) is 2.84. The van der Waals surface area contributed by atoms with Gasteiger partial charge in [0.15, 0.2) is 18.1 Å². The Morgan fingerprint density at radius 2 is 1.65 bits per heavy atom. The van der Waals surface area contributed by atoms with Gasteiger partial charge in [-0.15, -0.1) is 0 Å². The number of pyridine rings is 2. The first-order valence-electron chi connectivity index (χ1n) is 12.6. The average Bonchev–Trinajstić information content (AvgIpc) is 2.97. The summed E-state index contributed by atoms with van der Waals surface area (Å²) < 4.78 is 21.3. The van der Waals surface area contributed by atoms with Crippen molar-refractivity contribution in [2.24, 2.45) is 0 Å². The molecule has 204 valence electrons. The number of nitrogens with zero attached hydrogens (tertiary/aromatic N) is 2. The van der Waals surface area contributed by atoms with Crippen LogP contribution in [0.2, 0.25) is 0 Å². The number of benzene rings is 2. The van der Waals surface area contributed by atoms with Gasteiger partial charge in [0.1, 0.15) is 13.2 Å². The third-order valence-corrected chi connectivity index (χ3v) is 5.97. The summed E-state index contributed by atoms with van der Waals surface area (Å²) in [6.45, 7) is 4.39. The van der Waals surface area contributed by atoms with Crippen LogP contribution in [0.3, 0.4) is 0 Å². The van der Waals surface area contributed by atoms with Gasteiger partial charge < -0.3 is 29.6 Å². The number of aromatic nitrogens is 2. The second-order valence-electron chi connectivity index (χ2n) is 8.77. The molecule has 0 aliphatic carbocycles. The maximum atomic E-state index is 13.1. The van der Waals surface area contributed by atoms with Crippen LogP contribution in [0.4, 0.5) is 11.4 Å². The van der Waals surface area contributed by atoms with Crippen molar-refractivity contribution in [1.29, 1.82) is 0 Å². The lowest BCUT2D eigenvalue weighted by Crippen LogP contribution is -2.17. The zero-order valence-electron chi connectivity index (χ0n) is 21.9. The van der Waals surface area contributed by atoms with Gasteiger partial charge in [0.05, 0.1) is 35.4 Å². The summed E-state index contributed by atoms with van der Waals surface area (Å²) in [6.07, 6.45) is 1.52. The number of hydrogen-bond donors (Lipinski definition) is 2. The molecule has 40 heavy (non-hydrogen) atoms. The molecule has 0 saturated heterocycles. The number of ether oxygens (including phenoxy) is 4. The number of hydrogen-bond acceptors (Lipinski definition) is 9. The summed E-state index contributed by atoms with van der Waals surface area (Å²) in [7, 11) is 0. The summed E-state index contributed by atoms with van der Waals surface area (Å²) in [5.74, 6) is 0.192. The largest absolute Gasteiger partial charge is 0.486 e. The fourth-order valence-corrected chi connectivity index (χ4v) is 3.97. The normalized spacial score (nSPS) is 11.9. The van der Waals surface area contributed by atoms with E-state index in [1.54, 1.807) is 68.4 Å². The second-order valence-corrected chi connectivity index (χ2v) is 8.77. The monoisotopic (exact) mass is 542 g/mol. The predicted molar refractivity (Wildman–Crippen MR) is 146 cm³/mol. The minimum absolute atomic E-state index is 0.240. The molecule has 5 rings (SSSR count). The molecule has 0 saturated carbocycles. The number of fused-ring (bicyclic) bond motifs is 2. The predicted octanol–water partition coefficient (Wildman–Crippen LogP) is 4.16. The standard InChI is InChI=1S/C29H26N4O7/c1-3-37-27(34)16-40-26-9-6-18-12-19(4-7-22(18)32-26)29(36)33-23-14-21(15-30-17(23)2)31-28(35)20-5-8-24-25(13-20)39-11-10-38-24/h4-9,12-15H,3,10-11,16H2,1-2H3,(H,31,35)(H,33,36). The van der Waals surface area contributed by atoms with Crippen molar-refractivity contribution < 1.29 is 33.3 Å². The highest BCUT2D eigenvalue weighted by Crippen LogP contribution is 2.31. The quantitative estimate of drug-likeness (QED) is 0.314. The van der Waals surface area contributed by atoms with Gasteiger partial charge in [0.25, 0.3) is 11.8 Å². The van der Waals surface area contributed by atoms with Crippen molar-refractivity contribution in [3.8, 4) is 17.4 Å². The molecule has 1 aliphatic heterocycles. The third kappa shape index (κ3) is 6.09. The number of amides is 2. The summed E-state index contributed by atoms with van der Waals surface area (Å²) in [4.78, 5) is 46.1. The van der Waals surface area contributed by atoms with Gasteiger partial charge >= 0.3 is 5.97 Å². The van der Waals surface area contributed by atoms with Gasteiger partial charge in [-0.1, -0.05) is 0 Å². The average molecular weight is 543 g/mol. The van der Waals surface area contributed by atoms with E-state index < -0.39 is 5.97 Å². The maximum Gasteiger partial charge on any atom is 0.344 e. The number of aryl methyl sites for hydroxylation is 1. The zero-order valence-corrected chi connectivity index (χ0v) is 21.9. The molecule has 2 aromatic heterocycles. The van der Waals surface area contributed by atoms with Crippen LogP contribution in [-0.4, -0.2) is 54.2 Å². The molecule has 11 heteroatoms. The lowest BCUT2D eigenvalue weighted by Gasteiger charge is -2.18. The van der Waals surface area contributed by atoms with Crippen molar-refractivity contribution >= 4 is 40.1 Å². The molecule has 0 bridgehead atoms. The van der Waals surface area contributed by atoms with Gasteiger partial charge in [0, 0.05) is 22.6 Å². The van der Waals surface area contributed by atoms with Crippen LogP contribution in [0.5, 0.6) is 17.4 Å². The number of rotatable bonds is 8. The fourth-order valence-electron chi connectivity index (χ4n) is 3.97. The van der Waals surface area contributed by atoms with Crippen molar-refractivity contribution in [3.63, 3.8) is 0 Å². The lowest BCUT2D eigenvalue weighted by molar-refractivity contribution is -0.145. The minimum atomic E-state index is -0.479. The first kappa shape index (κ1) is 26.4. The van der Waals surface area contributed by atoms with Crippen molar-refractivity contribution in [1.82, 2.24) is 9.97 Å². The van der Waals surface area contributed by atoms with Crippen LogP contribution < -0.4 is 24.8 Å². The minimum Gasteiger partial charge on any atom is -0.486 e. The molecular formula is C29H26N4O7. The Bertz CT molecular complexity index is 1610. The van der Waals surface area contributed by atoms with Crippen LogP contribution in [-0.2, 0) is 9.53 Å². The molecule has 0 spiro atoms. The number of esters is 1. The Hall–Kier alpha value is -5.19. The molecule has 0 unspecified atom stereocenters. The van der Waals surface area contributed by atoms with E-state index in [0.29, 0.717) is 63.8 Å².